The van der Waals surface area contributed by atoms with E-state index in [1.54, 1.807) is 0 Å². The van der Waals surface area contributed by atoms with Gasteiger partial charge in [0.05, 0.1) is 5.56 Å². The molecule has 1 amide bonds. The van der Waals surface area contributed by atoms with E-state index in [0.717, 1.165) is 29.8 Å². The topological polar surface area (TPSA) is 146 Å². The predicted molar refractivity (Wildman–Crippen MR) is 140 cm³/mol. The standard InChI is InChI=1S/C26H22F3N5O5S/c1-16(17-5-3-2-4-6-17)32-24-22(23(30)35)15-31-25(34-24)33-18-7-9-20(10-8-18)39-40(36,37)21-13-11-19(12-14-21)38-26(27,28)29/h2-16H,1H3,(H2,30,35)(H2,31,32,33,34)/t16-/m1/s1. The van der Waals surface area contributed by atoms with Crippen LogP contribution in [0.15, 0.2) is 90.0 Å². The molecule has 1 heterocycles. The Balaban J connectivity index is 1.45. The number of halogens is 3. The van der Waals surface area contributed by atoms with Crippen molar-refractivity contribution in [1.82, 2.24) is 9.97 Å². The first-order chi connectivity index (χ1) is 18.9. The van der Waals surface area contributed by atoms with Crippen molar-refractivity contribution < 1.29 is 35.3 Å². The van der Waals surface area contributed by atoms with Crippen LogP contribution in [0.1, 0.15) is 28.9 Å². The number of carbonyl (C=O) groups is 1. The normalized spacial score (nSPS) is 12.3. The molecule has 0 bridgehead atoms. The lowest BCUT2D eigenvalue weighted by molar-refractivity contribution is -0.274. The molecule has 4 aromatic rings. The van der Waals surface area contributed by atoms with Crippen LogP contribution < -0.4 is 25.3 Å². The van der Waals surface area contributed by atoms with Gasteiger partial charge in [-0.2, -0.15) is 13.4 Å². The van der Waals surface area contributed by atoms with E-state index in [4.69, 9.17) is 9.92 Å². The number of amides is 1. The summed E-state index contributed by atoms with van der Waals surface area (Å²) in [5, 5.41) is 6.10. The van der Waals surface area contributed by atoms with Crippen molar-refractivity contribution in [3.05, 3.63) is 96.2 Å². The maximum absolute atomic E-state index is 12.5. The first-order valence-electron chi connectivity index (χ1n) is 11.6. The molecule has 0 unspecified atom stereocenters. The highest BCUT2D eigenvalue weighted by Crippen LogP contribution is 2.27. The van der Waals surface area contributed by atoms with Crippen molar-refractivity contribution in [2.75, 3.05) is 10.6 Å². The molecule has 0 radical (unpaired) electrons. The fourth-order valence-corrected chi connectivity index (χ4v) is 4.40. The molecule has 0 aliphatic carbocycles. The van der Waals surface area contributed by atoms with Gasteiger partial charge in [-0.25, -0.2) is 4.98 Å². The van der Waals surface area contributed by atoms with E-state index in [1.165, 1.54) is 30.5 Å². The highest BCUT2D eigenvalue weighted by atomic mass is 32.2. The molecule has 4 rings (SSSR count). The second-order valence-corrected chi connectivity index (χ2v) is 9.85. The Bertz CT molecular complexity index is 1580. The molecule has 208 valence electrons. The van der Waals surface area contributed by atoms with Gasteiger partial charge in [0.2, 0.25) is 5.95 Å². The number of ether oxygens (including phenoxy) is 1. The molecule has 0 aliphatic heterocycles. The molecular weight excluding hydrogens is 551 g/mol. The second-order valence-electron chi connectivity index (χ2n) is 8.30. The third-order valence-electron chi connectivity index (χ3n) is 5.37. The van der Waals surface area contributed by atoms with Crippen LogP contribution in [0.3, 0.4) is 0 Å². The zero-order valence-electron chi connectivity index (χ0n) is 20.7. The number of rotatable bonds is 10. The SMILES string of the molecule is C[C@@H](Nc1nc(Nc2ccc(OS(=O)(=O)c3ccc(OC(F)(F)F)cc3)cc2)ncc1C(N)=O)c1ccccc1. The lowest BCUT2D eigenvalue weighted by atomic mass is 10.1. The Morgan fingerprint density at radius 2 is 1.57 bits per heavy atom. The number of nitrogens with zero attached hydrogens (tertiary/aromatic N) is 2. The molecule has 1 aromatic heterocycles. The fraction of sp³-hybridized carbons (Fsp3) is 0.115. The van der Waals surface area contributed by atoms with Crippen LogP contribution in [-0.4, -0.2) is 30.7 Å². The molecule has 40 heavy (non-hydrogen) atoms. The smallest absolute Gasteiger partial charge is 0.406 e. The van der Waals surface area contributed by atoms with Gasteiger partial charge < -0.3 is 25.3 Å². The van der Waals surface area contributed by atoms with Crippen LogP contribution in [0.5, 0.6) is 11.5 Å². The van der Waals surface area contributed by atoms with Crippen molar-refractivity contribution in [2.24, 2.45) is 5.73 Å². The molecule has 0 aliphatic rings. The van der Waals surface area contributed by atoms with Crippen molar-refractivity contribution in [2.45, 2.75) is 24.2 Å². The number of alkyl halides is 3. The minimum atomic E-state index is -4.90. The molecular formula is C26H22F3N5O5S. The summed E-state index contributed by atoms with van der Waals surface area (Å²) in [6, 6.07) is 18.6. The summed E-state index contributed by atoms with van der Waals surface area (Å²) in [6.45, 7) is 1.90. The number of hydrogen-bond acceptors (Lipinski definition) is 9. The lowest BCUT2D eigenvalue weighted by Crippen LogP contribution is -2.18. The predicted octanol–water partition coefficient (Wildman–Crippen LogP) is 5.16. The summed E-state index contributed by atoms with van der Waals surface area (Å²) in [5.41, 5.74) is 7.00. The Kier molecular flexibility index (Phi) is 8.09. The van der Waals surface area contributed by atoms with E-state index in [1.807, 2.05) is 37.3 Å². The number of primary amides is 1. The van der Waals surface area contributed by atoms with Gasteiger partial charge >= 0.3 is 16.5 Å². The minimum absolute atomic E-state index is 0.0507. The van der Waals surface area contributed by atoms with Crippen molar-refractivity contribution in [3.63, 3.8) is 0 Å². The molecule has 1 atom stereocenters. The van der Waals surface area contributed by atoms with E-state index in [9.17, 15) is 26.4 Å². The Labute approximate surface area is 227 Å². The number of benzene rings is 3. The van der Waals surface area contributed by atoms with Gasteiger partial charge in [0.25, 0.3) is 5.91 Å². The van der Waals surface area contributed by atoms with Crippen molar-refractivity contribution in [1.29, 1.82) is 0 Å². The van der Waals surface area contributed by atoms with E-state index in [-0.39, 0.29) is 34.0 Å². The summed E-state index contributed by atoms with van der Waals surface area (Å²) in [4.78, 5) is 20.0. The van der Waals surface area contributed by atoms with E-state index in [2.05, 4.69) is 25.3 Å². The molecule has 0 saturated heterocycles. The maximum Gasteiger partial charge on any atom is 0.573 e. The molecule has 0 saturated carbocycles. The second kappa shape index (κ2) is 11.5. The lowest BCUT2D eigenvalue weighted by Gasteiger charge is -2.17. The van der Waals surface area contributed by atoms with Gasteiger partial charge in [-0.15, -0.1) is 13.2 Å². The monoisotopic (exact) mass is 573 g/mol. The zero-order chi connectivity index (χ0) is 28.9. The van der Waals surface area contributed by atoms with Gasteiger partial charge in [0.1, 0.15) is 22.2 Å². The number of hydrogen-bond donors (Lipinski definition) is 3. The summed E-state index contributed by atoms with van der Waals surface area (Å²) >= 11 is 0. The molecule has 0 fully saturated rings. The molecule has 0 spiro atoms. The van der Waals surface area contributed by atoms with Crippen molar-refractivity contribution in [3.8, 4) is 11.5 Å². The number of nitrogens with two attached hydrogens (primary N) is 1. The van der Waals surface area contributed by atoms with Gasteiger partial charge in [0.15, 0.2) is 0 Å². The molecule has 4 N–H and O–H groups in total. The van der Waals surface area contributed by atoms with E-state index in [0.29, 0.717) is 5.69 Å². The van der Waals surface area contributed by atoms with Gasteiger partial charge in [0, 0.05) is 17.9 Å². The van der Waals surface area contributed by atoms with Crippen LogP contribution in [0.2, 0.25) is 0 Å². The highest BCUT2D eigenvalue weighted by Gasteiger charge is 2.31. The molecule has 10 nitrogen and oxygen atoms in total. The Morgan fingerprint density at radius 3 is 2.17 bits per heavy atom. The molecule has 14 heteroatoms. The van der Waals surface area contributed by atoms with Crippen LogP contribution in [-0.2, 0) is 10.1 Å². The zero-order valence-corrected chi connectivity index (χ0v) is 21.5. The molecule has 3 aromatic carbocycles. The minimum Gasteiger partial charge on any atom is -0.406 e. The number of aromatic nitrogens is 2. The first kappa shape index (κ1) is 28.2. The Morgan fingerprint density at radius 1 is 0.950 bits per heavy atom. The van der Waals surface area contributed by atoms with Gasteiger partial charge in [-0.3, -0.25) is 4.79 Å². The van der Waals surface area contributed by atoms with Crippen LogP contribution in [0, 0.1) is 0 Å². The number of carbonyl (C=O) groups excluding carboxylic acids is 1. The maximum atomic E-state index is 12.5. The van der Waals surface area contributed by atoms with Crippen molar-refractivity contribution >= 4 is 33.5 Å². The number of nitrogens with one attached hydrogen (secondary N) is 2. The van der Waals surface area contributed by atoms with Crippen LogP contribution >= 0.6 is 0 Å². The summed E-state index contributed by atoms with van der Waals surface area (Å²) < 4.78 is 70.8. The third-order valence-corrected chi connectivity index (χ3v) is 6.63. The van der Waals surface area contributed by atoms with E-state index >= 15 is 0 Å². The summed E-state index contributed by atoms with van der Waals surface area (Å²) in [7, 11) is -4.33. The first-order valence-corrected chi connectivity index (χ1v) is 13.0. The third kappa shape index (κ3) is 7.38. The quantitative estimate of drug-likeness (QED) is 0.219. The summed E-state index contributed by atoms with van der Waals surface area (Å²) in [6.07, 6.45) is -3.62. The summed E-state index contributed by atoms with van der Waals surface area (Å²) in [5.74, 6) is -0.972. The van der Waals surface area contributed by atoms with Crippen LogP contribution in [0.4, 0.5) is 30.6 Å². The Hall–Kier alpha value is -4.85. The van der Waals surface area contributed by atoms with Gasteiger partial charge in [-0.1, -0.05) is 30.3 Å². The van der Waals surface area contributed by atoms with Gasteiger partial charge in [-0.05, 0) is 61.0 Å². The van der Waals surface area contributed by atoms with E-state index < -0.39 is 28.1 Å². The number of anilines is 3. The average Bonchev–Trinajstić information content (AvgIpc) is 2.89. The largest absolute Gasteiger partial charge is 0.573 e. The average molecular weight is 574 g/mol. The van der Waals surface area contributed by atoms with Crippen LogP contribution in [0.25, 0.3) is 0 Å². The fourth-order valence-electron chi connectivity index (χ4n) is 3.47. The highest BCUT2D eigenvalue weighted by molar-refractivity contribution is 7.87.